The zero-order valence-corrected chi connectivity index (χ0v) is 18.9. The third-order valence-electron chi connectivity index (χ3n) is 3.73. The second-order valence-corrected chi connectivity index (χ2v) is 6.00. The number of guanidine groups is 1. The molecule has 1 aromatic carbocycles. The smallest absolute Gasteiger partial charge is 0.191 e. The highest BCUT2D eigenvalue weighted by Crippen LogP contribution is 2.13. The molecule has 150 valence electrons. The second-order valence-electron chi connectivity index (χ2n) is 6.00. The van der Waals surface area contributed by atoms with Crippen molar-refractivity contribution in [3.8, 4) is 5.75 Å². The van der Waals surface area contributed by atoms with Crippen molar-refractivity contribution in [1.82, 2.24) is 15.5 Å². The molecule has 0 aliphatic rings. The Kier molecular flexibility index (Phi) is 15.5. The Balaban J connectivity index is 0.00000625. The molecule has 0 saturated carbocycles. The Morgan fingerprint density at radius 3 is 2.69 bits per heavy atom. The van der Waals surface area contributed by atoms with Gasteiger partial charge in [0, 0.05) is 46.9 Å². The number of likely N-dealkylation sites (N-methyl/N-ethyl adjacent to an activating group) is 1. The van der Waals surface area contributed by atoms with Crippen molar-refractivity contribution in [1.29, 1.82) is 0 Å². The van der Waals surface area contributed by atoms with E-state index in [9.17, 15) is 0 Å². The van der Waals surface area contributed by atoms with Crippen LogP contribution in [-0.2, 0) is 11.3 Å². The summed E-state index contributed by atoms with van der Waals surface area (Å²) in [7, 11) is 5.65. The lowest BCUT2D eigenvalue weighted by molar-refractivity contribution is 0.180. The van der Waals surface area contributed by atoms with Gasteiger partial charge in [-0.25, -0.2) is 0 Å². The standard InChI is InChI=1S/C19H34N4O2.HI/c1-5-13-25-18-9-6-8-17(15-18)16-22-19(20-2)21-10-12-23(3)11-7-14-24-4;/h6,8-9,15H,5,7,10-14,16H2,1-4H3,(H2,20,21,22);1H. The van der Waals surface area contributed by atoms with Crippen LogP contribution in [0.5, 0.6) is 5.75 Å². The highest BCUT2D eigenvalue weighted by molar-refractivity contribution is 14.0. The summed E-state index contributed by atoms with van der Waals surface area (Å²) < 4.78 is 10.7. The fraction of sp³-hybridized carbons (Fsp3) is 0.632. The molecule has 0 heterocycles. The van der Waals surface area contributed by atoms with Gasteiger partial charge >= 0.3 is 0 Å². The van der Waals surface area contributed by atoms with Gasteiger partial charge in [0.05, 0.1) is 6.61 Å². The number of hydrogen-bond acceptors (Lipinski definition) is 4. The van der Waals surface area contributed by atoms with Gasteiger partial charge in [-0.3, -0.25) is 4.99 Å². The van der Waals surface area contributed by atoms with Crippen LogP contribution in [0.25, 0.3) is 0 Å². The van der Waals surface area contributed by atoms with E-state index in [1.54, 1.807) is 14.2 Å². The van der Waals surface area contributed by atoms with E-state index in [-0.39, 0.29) is 24.0 Å². The first-order chi connectivity index (χ1) is 12.2. The molecule has 0 unspecified atom stereocenters. The van der Waals surface area contributed by atoms with Gasteiger partial charge in [-0.15, -0.1) is 24.0 Å². The average Bonchev–Trinajstić information content (AvgIpc) is 2.63. The molecule has 0 fully saturated rings. The SMILES string of the molecule is CCCOc1cccc(CNC(=NC)NCCN(C)CCCOC)c1.I. The number of hydrogen-bond donors (Lipinski definition) is 2. The monoisotopic (exact) mass is 478 g/mol. The summed E-state index contributed by atoms with van der Waals surface area (Å²) in [6.45, 7) is 7.22. The molecule has 0 atom stereocenters. The van der Waals surface area contributed by atoms with Gasteiger partial charge in [-0.1, -0.05) is 19.1 Å². The predicted octanol–water partition coefficient (Wildman–Crippen LogP) is 2.73. The van der Waals surface area contributed by atoms with Crippen LogP contribution in [0.3, 0.4) is 0 Å². The van der Waals surface area contributed by atoms with Crippen LogP contribution in [0.15, 0.2) is 29.3 Å². The summed E-state index contributed by atoms with van der Waals surface area (Å²) in [4.78, 5) is 6.56. The van der Waals surface area contributed by atoms with Crippen LogP contribution < -0.4 is 15.4 Å². The molecule has 0 spiro atoms. The molecule has 0 aromatic heterocycles. The molecule has 0 saturated heterocycles. The molecule has 7 heteroatoms. The van der Waals surface area contributed by atoms with Crippen molar-refractivity contribution in [3.05, 3.63) is 29.8 Å². The lowest BCUT2D eigenvalue weighted by Gasteiger charge is -2.18. The quantitative estimate of drug-likeness (QED) is 0.210. The largest absolute Gasteiger partial charge is 0.494 e. The molecule has 1 rings (SSSR count). The van der Waals surface area contributed by atoms with E-state index in [2.05, 4.69) is 46.6 Å². The average molecular weight is 478 g/mol. The predicted molar refractivity (Wildman–Crippen MR) is 120 cm³/mol. The Hall–Kier alpha value is -1.06. The van der Waals surface area contributed by atoms with Crippen molar-refractivity contribution in [3.63, 3.8) is 0 Å². The van der Waals surface area contributed by atoms with E-state index >= 15 is 0 Å². The van der Waals surface area contributed by atoms with Gasteiger partial charge in [0.1, 0.15) is 5.75 Å². The van der Waals surface area contributed by atoms with Crippen LogP contribution in [0.1, 0.15) is 25.3 Å². The third-order valence-corrected chi connectivity index (χ3v) is 3.73. The Morgan fingerprint density at radius 2 is 2.00 bits per heavy atom. The van der Waals surface area contributed by atoms with Crippen LogP contribution >= 0.6 is 24.0 Å². The van der Waals surface area contributed by atoms with Crippen molar-refractivity contribution < 1.29 is 9.47 Å². The number of halogens is 1. The van der Waals surface area contributed by atoms with Crippen LogP contribution in [-0.4, -0.2) is 64.9 Å². The van der Waals surface area contributed by atoms with Crippen molar-refractivity contribution >= 4 is 29.9 Å². The molecule has 6 nitrogen and oxygen atoms in total. The summed E-state index contributed by atoms with van der Waals surface area (Å²) >= 11 is 0. The summed E-state index contributed by atoms with van der Waals surface area (Å²) in [5, 5.41) is 6.68. The number of rotatable bonds is 12. The molecule has 0 aliphatic carbocycles. The van der Waals surface area contributed by atoms with E-state index in [0.29, 0.717) is 6.54 Å². The summed E-state index contributed by atoms with van der Waals surface area (Å²) in [5.41, 5.74) is 1.17. The van der Waals surface area contributed by atoms with Crippen molar-refractivity contribution in [2.24, 2.45) is 4.99 Å². The molecule has 0 bridgehead atoms. The fourth-order valence-corrected chi connectivity index (χ4v) is 2.33. The maximum absolute atomic E-state index is 5.67. The van der Waals surface area contributed by atoms with Gasteiger partial charge in [-0.2, -0.15) is 0 Å². The molecular weight excluding hydrogens is 443 g/mol. The number of nitrogens with zero attached hydrogens (tertiary/aromatic N) is 2. The summed E-state index contributed by atoms with van der Waals surface area (Å²) in [6, 6.07) is 8.17. The number of ether oxygens (including phenoxy) is 2. The topological polar surface area (TPSA) is 58.1 Å². The first-order valence-corrected chi connectivity index (χ1v) is 9.03. The zero-order chi connectivity index (χ0) is 18.3. The first-order valence-electron chi connectivity index (χ1n) is 9.03. The minimum atomic E-state index is 0. The highest BCUT2D eigenvalue weighted by atomic mass is 127. The van der Waals surface area contributed by atoms with Gasteiger partial charge < -0.3 is 25.0 Å². The van der Waals surface area contributed by atoms with Crippen molar-refractivity contribution in [2.75, 3.05) is 54.1 Å². The normalized spacial score (nSPS) is 11.2. The van der Waals surface area contributed by atoms with Gasteiger partial charge in [0.2, 0.25) is 0 Å². The lowest BCUT2D eigenvalue weighted by atomic mass is 10.2. The van der Waals surface area contributed by atoms with Gasteiger partial charge in [-0.05, 0) is 37.6 Å². The van der Waals surface area contributed by atoms with Crippen molar-refractivity contribution in [2.45, 2.75) is 26.3 Å². The van der Waals surface area contributed by atoms with E-state index < -0.39 is 0 Å². The fourth-order valence-electron chi connectivity index (χ4n) is 2.33. The second kappa shape index (κ2) is 16.1. The Labute approximate surface area is 175 Å². The first kappa shape index (κ1) is 24.9. The molecule has 26 heavy (non-hydrogen) atoms. The maximum Gasteiger partial charge on any atom is 0.191 e. The molecular formula is C19H35IN4O2. The van der Waals surface area contributed by atoms with E-state index in [1.807, 2.05) is 12.1 Å². The summed E-state index contributed by atoms with van der Waals surface area (Å²) in [6.07, 6.45) is 2.06. The maximum atomic E-state index is 5.67. The van der Waals surface area contributed by atoms with E-state index in [1.165, 1.54) is 5.56 Å². The number of methoxy groups -OCH3 is 1. The lowest BCUT2D eigenvalue weighted by Crippen LogP contribution is -2.40. The van der Waals surface area contributed by atoms with Crippen LogP contribution in [0.4, 0.5) is 0 Å². The molecule has 0 radical (unpaired) electrons. The number of aliphatic imine (C=N–C) groups is 1. The number of nitrogens with one attached hydrogen (secondary N) is 2. The molecule has 1 aromatic rings. The Morgan fingerprint density at radius 1 is 1.19 bits per heavy atom. The zero-order valence-electron chi connectivity index (χ0n) is 16.6. The highest BCUT2D eigenvalue weighted by Gasteiger charge is 2.02. The van der Waals surface area contributed by atoms with E-state index in [0.717, 1.165) is 57.4 Å². The van der Waals surface area contributed by atoms with Crippen LogP contribution in [0, 0.1) is 0 Å². The van der Waals surface area contributed by atoms with Gasteiger partial charge in [0.15, 0.2) is 5.96 Å². The summed E-state index contributed by atoms with van der Waals surface area (Å²) in [5.74, 6) is 1.73. The van der Waals surface area contributed by atoms with E-state index in [4.69, 9.17) is 9.47 Å². The third kappa shape index (κ3) is 11.5. The molecule has 0 aliphatic heterocycles. The Bertz CT molecular complexity index is 500. The minimum Gasteiger partial charge on any atom is -0.494 e. The minimum absolute atomic E-state index is 0. The van der Waals surface area contributed by atoms with Crippen LogP contribution in [0.2, 0.25) is 0 Å². The molecule has 2 N–H and O–H groups in total. The molecule has 0 amide bonds. The number of benzene rings is 1. The van der Waals surface area contributed by atoms with Gasteiger partial charge in [0.25, 0.3) is 0 Å².